The summed E-state index contributed by atoms with van der Waals surface area (Å²) in [4.78, 5) is 0. The first kappa shape index (κ1) is 9.26. The average molecular weight is 168 g/mol. The van der Waals surface area contributed by atoms with Gasteiger partial charge in [0.05, 0.1) is 6.20 Å². The van der Waals surface area contributed by atoms with E-state index in [1.807, 2.05) is 6.92 Å². The Morgan fingerprint density at radius 2 is 2.08 bits per heavy atom. The minimum atomic E-state index is -0.0144. The molecule has 2 N–H and O–H groups in total. The van der Waals surface area contributed by atoms with Gasteiger partial charge in [-0.05, 0) is 6.92 Å². The summed E-state index contributed by atoms with van der Waals surface area (Å²) >= 11 is 0. The van der Waals surface area contributed by atoms with E-state index in [1.54, 1.807) is 6.20 Å². The van der Waals surface area contributed by atoms with Gasteiger partial charge in [-0.2, -0.15) is 0 Å². The Hall–Kier alpha value is -0.830. The summed E-state index contributed by atoms with van der Waals surface area (Å²) < 4.78 is 5.16. The maximum atomic E-state index is 5.76. The van der Waals surface area contributed by atoms with Crippen molar-refractivity contribution in [1.29, 1.82) is 0 Å². The number of nitrogens with zero attached hydrogens (tertiary/aromatic N) is 1. The zero-order chi connectivity index (χ0) is 9.35. The van der Waals surface area contributed by atoms with E-state index in [0.29, 0.717) is 0 Å². The van der Waals surface area contributed by atoms with Gasteiger partial charge >= 0.3 is 0 Å². The highest BCUT2D eigenvalue weighted by molar-refractivity contribution is 5.23. The SMILES string of the molecule is CC(N)c1cnoc1C(C)(C)C. The van der Waals surface area contributed by atoms with E-state index < -0.39 is 0 Å². The van der Waals surface area contributed by atoms with E-state index in [0.717, 1.165) is 11.3 Å². The highest BCUT2D eigenvalue weighted by Gasteiger charge is 2.24. The van der Waals surface area contributed by atoms with Crippen LogP contribution in [0, 0.1) is 0 Å². The van der Waals surface area contributed by atoms with Gasteiger partial charge in [-0.15, -0.1) is 0 Å². The summed E-state index contributed by atoms with van der Waals surface area (Å²) in [5, 5.41) is 3.75. The second-order valence-corrected chi connectivity index (χ2v) is 4.15. The van der Waals surface area contributed by atoms with Crippen molar-refractivity contribution in [3.8, 4) is 0 Å². The molecule has 0 saturated heterocycles. The first-order chi connectivity index (χ1) is 5.43. The first-order valence-corrected chi connectivity index (χ1v) is 4.13. The molecule has 0 radical (unpaired) electrons. The van der Waals surface area contributed by atoms with Crippen LogP contribution in [0.15, 0.2) is 10.7 Å². The van der Waals surface area contributed by atoms with E-state index in [4.69, 9.17) is 10.3 Å². The number of rotatable bonds is 1. The molecule has 0 fully saturated rings. The molecular weight excluding hydrogens is 152 g/mol. The van der Waals surface area contributed by atoms with Gasteiger partial charge in [0.15, 0.2) is 0 Å². The molecule has 68 valence electrons. The smallest absolute Gasteiger partial charge is 0.146 e. The van der Waals surface area contributed by atoms with E-state index in [1.165, 1.54) is 0 Å². The maximum absolute atomic E-state index is 5.76. The zero-order valence-corrected chi connectivity index (χ0v) is 8.09. The molecule has 0 bridgehead atoms. The van der Waals surface area contributed by atoms with Crippen LogP contribution in [0.1, 0.15) is 45.1 Å². The molecule has 1 atom stereocenters. The maximum Gasteiger partial charge on any atom is 0.146 e. The normalized spacial score (nSPS) is 14.8. The van der Waals surface area contributed by atoms with Crippen LogP contribution in [0.2, 0.25) is 0 Å². The lowest BCUT2D eigenvalue weighted by Gasteiger charge is -2.17. The van der Waals surface area contributed by atoms with Gasteiger partial charge < -0.3 is 10.3 Å². The first-order valence-electron chi connectivity index (χ1n) is 4.13. The molecule has 0 aliphatic carbocycles. The lowest BCUT2D eigenvalue weighted by atomic mass is 9.89. The Labute approximate surface area is 72.9 Å². The highest BCUT2D eigenvalue weighted by Crippen LogP contribution is 2.28. The highest BCUT2D eigenvalue weighted by atomic mass is 16.5. The molecule has 0 amide bonds. The van der Waals surface area contributed by atoms with Crippen LogP contribution < -0.4 is 5.73 Å². The van der Waals surface area contributed by atoms with Crippen molar-refractivity contribution in [1.82, 2.24) is 5.16 Å². The molecule has 1 unspecified atom stereocenters. The summed E-state index contributed by atoms with van der Waals surface area (Å²) in [5.41, 5.74) is 6.74. The average Bonchev–Trinajstić information content (AvgIpc) is 2.30. The molecule has 0 aromatic carbocycles. The molecule has 0 saturated carbocycles. The quantitative estimate of drug-likeness (QED) is 0.697. The largest absolute Gasteiger partial charge is 0.361 e. The van der Waals surface area contributed by atoms with Crippen molar-refractivity contribution in [2.24, 2.45) is 5.73 Å². The molecule has 3 heteroatoms. The van der Waals surface area contributed by atoms with E-state index >= 15 is 0 Å². The molecule has 1 heterocycles. The van der Waals surface area contributed by atoms with Gasteiger partial charge in [-0.1, -0.05) is 25.9 Å². The summed E-state index contributed by atoms with van der Waals surface area (Å²) in [7, 11) is 0. The van der Waals surface area contributed by atoms with Crippen LogP contribution >= 0.6 is 0 Å². The predicted octanol–water partition coefficient (Wildman–Crippen LogP) is 1.99. The summed E-state index contributed by atoms with van der Waals surface area (Å²) in [6.07, 6.45) is 1.70. The Bertz CT molecular complexity index is 258. The van der Waals surface area contributed by atoms with E-state index in [2.05, 4.69) is 25.9 Å². The van der Waals surface area contributed by atoms with E-state index in [-0.39, 0.29) is 11.5 Å². The third-order valence-corrected chi connectivity index (χ3v) is 1.77. The van der Waals surface area contributed by atoms with Crippen molar-refractivity contribution in [2.45, 2.75) is 39.2 Å². The van der Waals surface area contributed by atoms with E-state index in [9.17, 15) is 0 Å². The third-order valence-electron chi connectivity index (χ3n) is 1.77. The molecule has 0 aliphatic heterocycles. The van der Waals surface area contributed by atoms with Gasteiger partial charge in [0.1, 0.15) is 5.76 Å². The second-order valence-electron chi connectivity index (χ2n) is 4.15. The number of hydrogen-bond acceptors (Lipinski definition) is 3. The summed E-state index contributed by atoms with van der Waals surface area (Å²) in [6, 6.07) is -0.00882. The molecule has 3 nitrogen and oxygen atoms in total. The molecule has 0 aliphatic rings. The Morgan fingerprint density at radius 1 is 1.50 bits per heavy atom. The van der Waals surface area contributed by atoms with Gasteiger partial charge in [0.2, 0.25) is 0 Å². The molecule has 1 rings (SSSR count). The fraction of sp³-hybridized carbons (Fsp3) is 0.667. The Morgan fingerprint density at radius 3 is 2.42 bits per heavy atom. The third kappa shape index (κ3) is 1.67. The number of nitrogens with two attached hydrogens (primary N) is 1. The van der Waals surface area contributed by atoms with Gasteiger partial charge in [0.25, 0.3) is 0 Å². The van der Waals surface area contributed by atoms with Crippen molar-refractivity contribution < 1.29 is 4.52 Å². The minimum absolute atomic E-state index is 0.00882. The van der Waals surface area contributed by atoms with Gasteiger partial charge in [0, 0.05) is 17.0 Å². The Kier molecular flexibility index (Phi) is 2.24. The van der Waals surface area contributed by atoms with Crippen molar-refractivity contribution in [2.75, 3.05) is 0 Å². The second kappa shape index (κ2) is 2.90. The van der Waals surface area contributed by atoms with Crippen molar-refractivity contribution >= 4 is 0 Å². The van der Waals surface area contributed by atoms with Crippen LogP contribution in [0.25, 0.3) is 0 Å². The van der Waals surface area contributed by atoms with Crippen LogP contribution in [-0.4, -0.2) is 5.16 Å². The van der Waals surface area contributed by atoms with Gasteiger partial charge in [-0.3, -0.25) is 0 Å². The standard InChI is InChI=1S/C9H16N2O/c1-6(10)7-5-11-12-8(7)9(2,3)4/h5-6H,10H2,1-4H3. The predicted molar refractivity (Wildman–Crippen MR) is 47.8 cm³/mol. The minimum Gasteiger partial charge on any atom is -0.361 e. The van der Waals surface area contributed by atoms with Crippen LogP contribution in [0.5, 0.6) is 0 Å². The molecule has 12 heavy (non-hydrogen) atoms. The summed E-state index contributed by atoms with van der Waals surface area (Å²) in [6.45, 7) is 8.18. The molecule has 1 aromatic heterocycles. The molecular formula is C9H16N2O. The summed E-state index contributed by atoms with van der Waals surface area (Å²) in [5.74, 6) is 0.887. The molecule has 0 spiro atoms. The lowest BCUT2D eigenvalue weighted by molar-refractivity contribution is 0.325. The topological polar surface area (TPSA) is 52.0 Å². The zero-order valence-electron chi connectivity index (χ0n) is 8.09. The van der Waals surface area contributed by atoms with Crippen molar-refractivity contribution in [3.63, 3.8) is 0 Å². The molecule has 1 aromatic rings. The van der Waals surface area contributed by atoms with Gasteiger partial charge in [-0.25, -0.2) is 0 Å². The lowest BCUT2D eigenvalue weighted by Crippen LogP contribution is -2.16. The fourth-order valence-electron chi connectivity index (χ4n) is 1.14. The monoisotopic (exact) mass is 168 g/mol. The van der Waals surface area contributed by atoms with Crippen molar-refractivity contribution in [3.05, 3.63) is 17.5 Å². The van der Waals surface area contributed by atoms with Crippen LogP contribution in [-0.2, 0) is 5.41 Å². The number of aromatic nitrogens is 1. The van der Waals surface area contributed by atoms with Crippen LogP contribution in [0.3, 0.4) is 0 Å². The van der Waals surface area contributed by atoms with Crippen LogP contribution in [0.4, 0.5) is 0 Å². The fourth-order valence-corrected chi connectivity index (χ4v) is 1.14. The Balaban J connectivity index is 3.08. The number of hydrogen-bond donors (Lipinski definition) is 1.